The number of quaternary nitrogens is 2. The molecule has 6 fully saturated rings. The first-order valence-corrected chi connectivity index (χ1v) is 6.50. The molecule has 18 heavy (non-hydrogen) atoms. The minimum absolute atomic E-state index is 0. The van der Waals surface area contributed by atoms with Gasteiger partial charge in [-0.1, -0.05) is 0 Å². The molecule has 2 saturated carbocycles. The van der Waals surface area contributed by atoms with E-state index in [1.54, 1.807) is 0 Å². The second kappa shape index (κ2) is 5.78. The lowest BCUT2D eigenvalue weighted by atomic mass is 9.75. The van der Waals surface area contributed by atoms with Gasteiger partial charge in [0, 0.05) is 37.5 Å². The number of rotatable bonds is 2. The Morgan fingerprint density at radius 3 is 1.22 bits per heavy atom. The summed E-state index contributed by atoms with van der Waals surface area (Å²) in [7, 11) is 0. The van der Waals surface area contributed by atoms with Crippen molar-refractivity contribution in [2.75, 3.05) is 26.4 Å². The van der Waals surface area contributed by atoms with Gasteiger partial charge in [-0.3, -0.25) is 0 Å². The van der Waals surface area contributed by atoms with Crippen molar-refractivity contribution in [3.05, 3.63) is 0 Å². The summed E-state index contributed by atoms with van der Waals surface area (Å²) in [6.07, 6.45) is 4.57. The molecule has 0 aromatic carbocycles. The minimum atomic E-state index is -0.108. The predicted molar refractivity (Wildman–Crippen MR) is 56.4 cm³/mol. The normalized spacial score (nSPS) is 45.7. The Hall–Kier alpha value is 0.360. The largest absolute Gasteiger partial charge is 1.00 e. The van der Waals surface area contributed by atoms with Gasteiger partial charge in [0.2, 0.25) is 0 Å². The van der Waals surface area contributed by atoms with Crippen LogP contribution in [0.15, 0.2) is 0 Å². The van der Waals surface area contributed by atoms with E-state index < -0.39 is 0 Å². The van der Waals surface area contributed by atoms with Gasteiger partial charge in [-0.2, -0.15) is 0 Å². The van der Waals surface area contributed by atoms with Crippen molar-refractivity contribution < 1.29 is 44.2 Å². The second-order valence-corrected chi connectivity index (χ2v) is 6.42. The van der Waals surface area contributed by atoms with Crippen molar-refractivity contribution in [3.8, 4) is 0 Å². The van der Waals surface area contributed by atoms with E-state index in [1.807, 2.05) is 0 Å². The number of hydrogen-bond donors (Lipinski definition) is 2. The summed E-state index contributed by atoms with van der Waals surface area (Å²) in [5.74, 6) is 1.73. The Kier molecular flexibility index (Phi) is 5.27. The van der Waals surface area contributed by atoms with Crippen molar-refractivity contribution in [1.82, 2.24) is 0 Å². The molecule has 0 atom stereocenters. The second-order valence-electron chi connectivity index (χ2n) is 6.42. The van der Waals surface area contributed by atoms with Crippen LogP contribution in [0.5, 0.6) is 0 Å². The molecule has 0 amide bonds. The molecule has 4 N–H and O–H groups in total. The molecular weight excluding hydrogens is 281 g/mol. The summed E-state index contributed by atoms with van der Waals surface area (Å²) in [6, 6.07) is 0. The summed E-state index contributed by atoms with van der Waals surface area (Å²) in [5, 5.41) is 4.36. The van der Waals surface area contributed by atoms with Gasteiger partial charge >= 0.3 is 0 Å². The molecule has 4 bridgehead atoms. The zero-order valence-corrected chi connectivity index (χ0v) is 12.0. The Morgan fingerprint density at radius 1 is 0.778 bits per heavy atom. The molecule has 6 rings (SSSR count). The van der Waals surface area contributed by atoms with Crippen molar-refractivity contribution in [2.45, 2.75) is 36.8 Å². The average Bonchev–Trinajstić information content (AvgIpc) is 2.95. The van der Waals surface area contributed by atoms with Crippen LogP contribution in [0, 0.1) is 11.8 Å². The van der Waals surface area contributed by atoms with Crippen molar-refractivity contribution >= 4 is 0 Å². The van der Waals surface area contributed by atoms with Gasteiger partial charge in [0.05, 0.1) is 13.1 Å². The maximum atomic E-state index is 12.1. The summed E-state index contributed by atoms with van der Waals surface area (Å²) in [4.78, 5) is 0. The molecule has 0 spiro atoms. The third-order valence-corrected chi connectivity index (χ3v) is 5.08. The summed E-state index contributed by atoms with van der Waals surface area (Å²) in [5.41, 5.74) is 0.176. The fraction of sp³-hybridized carbons (Fsp3) is 1.00. The molecule has 2 aliphatic carbocycles. The maximum absolute atomic E-state index is 12.1. The molecule has 0 radical (unpaired) electrons. The Balaban J connectivity index is 0.000000162. The molecular formula is C12H22Cl2F2N2. The molecule has 4 aliphatic heterocycles. The van der Waals surface area contributed by atoms with E-state index in [4.69, 9.17) is 0 Å². The van der Waals surface area contributed by atoms with E-state index >= 15 is 0 Å². The van der Waals surface area contributed by atoms with Crippen LogP contribution >= 0.6 is 0 Å². The Morgan fingerprint density at radius 2 is 1.11 bits per heavy atom. The average molecular weight is 303 g/mol. The third-order valence-electron chi connectivity index (χ3n) is 5.08. The van der Waals surface area contributed by atoms with E-state index in [-0.39, 0.29) is 49.2 Å². The molecule has 6 aliphatic rings. The highest BCUT2D eigenvalue weighted by atomic mass is 35.5. The zero-order chi connectivity index (χ0) is 11.2. The van der Waals surface area contributed by atoms with Crippen molar-refractivity contribution in [3.63, 3.8) is 0 Å². The van der Waals surface area contributed by atoms with E-state index in [0.717, 1.165) is 37.5 Å². The van der Waals surface area contributed by atoms with Gasteiger partial charge in [0.1, 0.15) is 24.4 Å². The van der Waals surface area contributed by atoms with Crippen LogP contribution < -0.4 is 35.4 Å². The number of fused-ring (bicyclic) bond motifs is 2. The molecule has 108 valence electrons. The summed E-state index contributed by atoms with van der Waals surface area (Å²) < 4.78 is 24.2. The molecule has 2 nitrogen and oxygen atoms in total. The SMILES string of the molecule is FCC12CC(C[NH2+]1)C2.FCC12CC(C[NH2+]1)C2.[Cl-].[Cl-]. The minimum Gasteiger partial charge on any atom is -1.00 e. The fourth-order valence-corrected chi connectivity index (χ4v) is 4.01. The monoisotopic (exact) mass is 302 g/mol. The number of hydrogen-bond acceptors (Lipinski definition) is 0. The lowest BCUT2D eigenvalue weighted by Crippen LogP contribution is -3.00. The standard InChI is InChI=1S/2C6H10FN.2ClH/c2*7-4-6-1-5(2-6)3-8-6;;/h2*5,8H,1-4H2;2*1H. The van der Waals surface area contributed by atoms with Gasteiger partial charge in [-0.25, -0.2) is 8.78 Å². The fourth-order valence-electron chi connectivity index (χ4n) is 4.01. The van der Waals surface area contributed by atoms with Crippen LogP contribution in [-0.2, 0) is 0 Å². The Labute approximate surface area is 119 Å². The maximum Gasteiger partial charge on any atom is 0.144 e. The first-order chi connectivity index (χ1) is 7.69. The lowest BCUT2D eigenvalue weighted by molar-refractivity contribution is -0.697. The highest BCUT2D eigenvalue weighted by Crippen LogP contribution is 2.38. The van der Waals surface area contributed by atoms with Gasteiger partial charge in [0.15, 0.2) is 0 Å². The number of nitrogens with two attached hydrogens (primary N) is 2. The van der Waals surface area contributed by atoms with E-state index in [2.05, 4.69) is 10.6 Å². The lowest BCUT2D eigenvalue weighted by Gasteiger charge is -2.29. The van der Waals surface area contributed by atoms with Crippen LogP contribution in [0.3, 0.4) is 0 Å². The van der Waals surface area contributed by atoms with E-state index in [9.17, 15) is 8.78 Å². The summed E-state index contributed by atoms with van der Waals surface area (Å²) >= 11 is 0. The molecule has 0 unspecified atom stereocenters. The van der Waals surface area contributed by atoms with Gasteiger partial charge < -0.3 is 35.4 Å². The first-order valence-electron chi connectivity index (χ1n) is 6.50. The van der Waals surface area contributed by atoms with Crippen LogP contribution in [0.4, 0.5) is 8.78 Å². The van der Waals surface area contributed by atoms with Crippen LogP contribution in [0.2, 0.25) is 0 Å². The molecule has 6 heteroatoms. The third kappa shape index (κ3) is 2.62. The summed E-state index contributed by atoms with van der Waals surface area (Å²) in [6.45, 7) is 2.15. The highest BCUT2D eigenvalue weighted by Gasteiger charge is 2.55. The first kappa shape index (κ1) is 16.4. The predicted octanol–water partition coefficient (Wildman–Crippen LogP) is -6.63. The highest BCUT2D eigenvalue weighted by molar-refractivity contribution is 4.97. The van der Waals surface area contributed by atoms with Crippen LogP contribution in [0.1, 0.15) is 25.7 Å². The molecule has 4 saturated heterocycles. The Bertz CT molecular complexity index is 240. The molecule has 0 aromatic heterocycles. The zero-order valence-electron chi connectivity index (χ0n) is 10.5. The van der Waals surface area contributed by atoms with Crippen molar-refractivity contribution in [1.29, 1.82) is 0 Å². The van der Waals surface area contributed by atoms with Crippen LogP contribution in [-0.4, -0.2) is 37.5 Å². The molecule has 4 heterocycles. The van der Waals surface area contributed by atoms with Gasteiger partial charge in [-0.05, 0) is 0 Å². The van der Waals surface area contributed by atoms with Gasteiger partial charge in [-0.15, -0.1) is 0 Å². The van der Waals surface area contributed by atoms with Crippen molar-refractivity contribution in [2.24, 2.45) is 11.8 Å². The smallest absolute Gasteiger partial charge is 0.144 e. The molecule has 0 aromatic rings. The van der Waals surface area contributed by atoms with Gasteiger partial charge in [0.25, 0.3) is 0 Å². The quantitative estimate of drug-likeness (QED) is 0.509. The van der Waals surface area contributed by atoms with Crippen LogP contribution in [0.25, 0.3) is 0 Å². The van der Waals surface area contributed by atoms with E-state index in [0.29, 0.717) is 0 Å². The topological polar surface area (TPSA) is 33.2 Å². The number of halogens is 4. The number of alkyl halides is 2. The van der Waals surface area contributed by atoms with E-state index in [1.165, 1.54) is 13.1 Å².